The number of fused-ring (bicyclic) bond motifs is 1. The summed E-state index contributed by atoms with van der Waals surface area (Å²) in [6.07, 6.45) is 4.84. The molecule has 186 valence electrons. The molecule has 4 heterocycles. The van der Waals surface area contributed by atoms with Crippen LogP contribution in [-0.4, -0.2) is 56.7 Å². The van der Waals surface area contributed by atoms with Crippen molar-refractivity contribution in [1.82, 2.24) is 24.6 Å². The molecule has 1 saturated heterocycles. The van der Waals surface area contributed by atoms with Gasteiger partial charge in [-0.2, -0.15) is 5.10 Å². The lowest BCUT2D eigenvalue weighted by atomic mass is 10.1. The van der Waals surface area contributed by atoms with Crippen LogP contribution in [0.1, 0.15) is 33.9 Å². The van der Waals surface area contributed by atoms with Gasteiger partial charge in [0.05, 0.1) is 23.5 Å². The van der Waals surface area contributed by atoms with Gasteiger partial charge in [-0.25, -0.2) is 14.6 Å². The second-order valence-electron chi connectivity index (χ2n) is 9.37. The molecule has 1 amide bonds. The number of aromatic nitrogens is 4. The van der Waals surface area contributed by atoms with E-state index in [1.165, 1.54) is 11.8 Å². The Hall–Kier alpha value is -4.46. The molecule has 8 heteroatoms. The highest BCUT2D eigenvalue weighted by Gasteiger charge is 2.25. The SMILES string of the molecule is Cc1ccc(Cc2nc(N3CCCN(C(=O)c4ccco4)CC3)c3cnn(-c4ccccc4)c3n2)cc1. The molecule has 8 nitrogen and oxygen atoms in total. The van der Waals surface area contributed by atoms with Crippen LogP contribution in [0, 0.1) is 6.92 Å². The lowest BCUT2D eigenvalue weighted by Crippen LogP contribution is -2.35. The van der Waals surface area contributed by atoms with Gasteiger partial charge in [0, 0.05) is 32.6 Å². The highest BCUT2D eigenvalue weighted by Crippen LogP contribution is 2.27. The second kappa shape index (κ2) is 9.89. The molecule has 0 atom stereocenters. The van der Waals surface area contributed by atoms with Crippen molar-refractivity contribution < 1.29 is 9.21 Å². The number of hydrogen-bond donors (Lipinski definition) is 0. The minimum Gasteiger partial charge on any atom is -0.459 e. The van der Waals surface area contributed by atoms with Crippen LogP contribution in [0.5, 0.6) is 0 Å². The van der Waals surface area contributed by atoms with Gasteiger partial charge in [-0.15, -0.1) is 0 Å². The average Bonchev–Trinajstić information content (AvgIpc) is 3.55. The van der Waals surface area contributed by atoms with Crippen LogP contribution < -0.4 is 4.90 Å². The van der Waals surface area contributed by atoms with Gasteiger partial charge in [0.25, 0.3) is 5.91 Å². The largest absolute Gasteiger partial charge is 0.459 e. The van der Waals surface area contributed by atoms with Crippen molar-refractivity contribution in [1.29, 1.82) is 0 Å². The number of para-hydroxylation sites is 1. The number of carbonyl (C=O) groups excluding carboxylic acids is 1. The predicted octanol–water partition coefficient (Wildman–Crippen LogP) is 4.66. The first-order valence-corrected chi connectivity index (χ1v) is 12.6. The zero-order chi connectivity index (χ0) is 25.2. The van der Waals surface area contributed by atoms with Gasteiger partial charge >= 0.3 is 0 Å². The molecule has 0 radical (unpaired) electrons. The van der Waals surface area contributed by atoms with Crippen molar-refractivity contribution in [3.63, 3.8) is 0 Å². The Labute approximate surface area is 215 Å². The van der Waals surface area contributed by atoms with Crippen molar-refractivity contribution in [2.45, 2.75) is 19.8 Å². The third kappa shape index (κ3) is 4.70. The summed E-state index contributed by atoms with van der Waals surface area (Å²) in [5.41, 5.74) is 4.12. The van der Waals surface area contributed by atoms with Crippen molar-refractivity contribution >= 4 is 22.8 Å². The Morgan fingerprint density at radius 1 is 0.919 bits per heavy atom. The summed E-state index contributed by atoms with van der Waals surface area (Å²) in [5.74, 6) is 1.91. The van der Waals surface area contributed by atoms with Crippen LogP contribution in [0.15, 0.2) is 83.6 Å². The maximum absolute atomic E-state index is 12.9. The first kappa shape index (κ1) is 23.0. The summed E-state index contributed by atoms with van der Waals surface area (Å²) < 4.78 is 7.23. The molecule has 0 bridgehead atoms. The summed E-state index contributed by atoms with van der Waals surface area (Å²) in [6, 6.07) is 22.0. The van der Waals surface area contributed by atoms with Crippen molar-refractivity contribution in [2.75, 3.05) is 31.1 Å². The second-order valence-corrected chi connectivity index (χ2v) is 9.37. The number of benzene rings is 2. The summed E-state index contributed by atoms with van der Waals surface area (Å²) in [4.78, 5) is 27.0. The minimum atomic E-state index is -0.0726. The van der Waals surface area contributed by atoms with Crippen LogP contribution in [0.3, 0.4) is 0 Å². The van der Waals surface area contributed by atoms with E-state index in [0.29, 0.717) is 31.8 Å². The number of hydrogen-bond acceptors (Lipinski definition) is 6. The van der Waals surface area contributed by atoms with E-state index in [1.54, 1.807) is 12.1 Å². The van der Waals surface area contributed by atoms with Gasteiger partial charge in [-0.3, -0.25) is 4.79 Å². The van der Waals surface area contributed by atoms with Crippen LogP contribution in [-0.2, 0) is 6.42 Å². The van der Waals surface area contributed by atoms with Crippen molar-refractivity contribution in [3.8, 4) is 5.69 Å². The first-order valence-electron chi connectivity index (χ1n) is 12.6. The molecule has 0 aliphatic carbocycles. The van der Waals surface area contributed by atoms with E-state index in [0.717, 1.165) is 46.9 Å². The molecule has 1 fully saturated rings. The number of carbonyl (C=O) groups is 1. The van der Waals surface area contributed by atoms with Gasteiger partial charge < -0.3 is 14.2 Å². The average molecular weight is 493 g/mol. The van der Waals surface area contributed by atoms with Crippen LogP contribution in [0.25, 0.3) is 16.7 Å². The molecule has 6 rings (SSSR count). The van der Waals surface area contributed by atoms with Gasteiger partial charge in [-0.05, 0) is 43.2 Å². The third-order valence-corrected chi connectivity index (χ3v) is 6.75. The van der Waals surface area contributed by atoms with Crippen molar-refractivity contribution in [2.24, 2.45) is 0 Å². The monoisotopic (exact) mass is 492 g/mol. The molecule has 0 unspecified atom stereocenters. The van der Waals surface area contributed by atoms with Crippen LogP contribution >= 0.6 is 0 Å². The van der Waals surface area contributed by atoms with E-state index in [4.69, 9.17) is 19.5 Å². The molecule has 3 aromatic heterocycles. The zero-order valence-corrected chi connectivity index (χ0v) is 20.7. The van der Waals surface area contributed by atoms with Gasteiger partial charge in [0.1, 0.15) is 11.6 Å². The molecule has 37 heavy (non-hydrogen) atoms. The standard InChI is InChI=1S/C29H28N6O2/c1-21-10-12-22(13-11-21)19-26-31-27(24-20-30-35(28(24)32-26)23-7-3-2-4-8-23)33-14-6-15-34(17-16-33)29(36)25-9-5-18-37-25/h2-5,7-13,18,20H,6,14-17,19H2,1H3. The summed E-state index contributed by atoms with van der Waals surface area (Å²) in [5, 5.41) is 5.60. The minimum absolute atomic E-state index is 0.0726. The summed E-state index contributed by atoms with van der Waals surface area (Å²) in [7, 11) is 0. The number of anilines is 1. The Bertz CT molecular complexity index is 1510. The van der Waals surface area contributed by atoms with E-state index in [1.807, 2.05) is 46.1 Å². The molecule has 5 aromatic rings. The number of furan rings is 1. The predicted molar refractivity (Wildman–Crippen MR) is 142 cm³/mol. The van der Waals surface area contributed by atoms with E-state index < -0.39 is 0 Å². The van der Waals surface area contributed by atoms with Crippen molar-refractivity contribution in [3.05, 3.63) is 102 Å². The Kier molecular flexibility index (Phi) is 6.14. The number of amides is 1. The molecule has 2 aromatic carbocycles. The Morgan fingerprint density at radius 3 is 2.54 bits per heavy atom. The lowest BCUT2D eigenvalue weighted by Gasteiger charge is -2.23. The fraction of sp³-hybridized carbons (Fsp3) is 0.241. The van der Waals surface area contributed by atoms with Gasteiger partial charge in [0.2, 0.25) is 0 Å². The number of rotatable bonds is 5. The number of aryl methyl sites for hydroxylation is 1. The maximum atomic E-state index is 12.9. The Morgan fingerprint density at radius 2 is 1.76 bits per heavy atom. The lowest BCUT2D eigenvalue weighted by molar-refractivity contribution is 0.0735. The number of nitrogens with zero attached hydrogens (tertiary/aromatic N) is 6. The fourth-order valence-electron chi connectivity index (χ4n) is 4.79. The highest BCUT2D eigenvalue weighted by molar-refractivity contribution is 5.91. The summed E-state index contributed by atoms with van der Waals surface area (Å²) >= 11 is 0. The topological polar surface area (TPSA) is 80.3 Å². The molecule has 1 aliphatic heterocycles. The quantitative estimate of drug-likeness (QED) is 0.355. The molecular formula is C29H28N6O2. The van der Waals surface area contributed by atoms with E-state index >= 15 is 0 Å². The smallest absolute Gasteiger partial charge is 0.289 e. The van der Waals surface area contributed by atoms with E-state index in [9.17, 15) is 4.79 Å². The van der Waals surface area contributed by atoms with Crippen LogP contribution in [0.4, 0.5) is 5.82 Å². The van der Waals surface area contributed by atoms with Gasteiger partial charge in [-0.1, -0.05) is 48.0 Å². The maximum Gasteiger partial charge on any atom is 0.289 e. The zero-order valence-electron chi connectivity index (χ0n) is 20.7. The normalized spacial score (nSPS) is 14.2. The molecule has 1 aliphatic rings. The fourth-order valence-corrected chi connectivity index (χ4v) is 4.79. The molecule has 0 saturated carbocycles. The van der Waals surface area contributed by atoms with E-state index in [-0.39, 0.29) is 5.91 Å². The Balaban J connectivity index is 1.36. The molecule has 0 N–H and O–H groups in total. The van der Waals surface area contributed by atoms with E-state index in [2.05, 4.69) is 36.1 Å². The summed E-state index contributed by atoms with van der Waals surface area (Å²) in [6.45, 7) is 4.80. The third-order valence-electron chi connectivity index (χ3n) is 6.75. The first-order chi connectivity index (χ1) is 18.2. The van der Waals surface area contributed by atoms with Gasteiger partial charge in [0.15, 0.2) is 11.4 Å². The van der Waals surface area contributed by atoms with Crippen LogP contribution in [0.2, 0.25) is 0 Å². The molecular weight excluding hydrogens is 464 g/mol. The molecule has 0 spiro atoms. The highest BCUT2D eigenvalue weighted by atomic mass is 16.3.